The lowest BCUT2D eigenvalue weighted by Gasteiger charge is -2.12. The molecule has 1 rings (SSSR count). The zero-order valence-electron chi connectivity index (χ0n) is 9.77. The van der Waals surface area contributed by atoms with E-state index in [1.165, 1.54) is 0 Å². The van der Waals surface area contributed by atoms with Crippen LogP contribution in [0.25, 0.3) is 0 Å². The standard InChI is InChI=1S/C11H15ClN2O3/c1-8(7-16-2)17-11(15)14-6-9-3-4-10(12)13-5-9/h3-5,8H,6-7H2,1-2H3,(H,14,15). The molecule has 0 saturated heterocycles. The minimum absolute atomic E-state index is 0.275. The number of hydrogen-bond acceptors (Lipinski definition) is 4. The maximum atomic E-state index is 11.3. The summed E-state index contributed by atoms with van der Waals surface area (Å²) >= 11 is 5.64. The zero-order chi connectivity index (χ0) is 12.7. The SMILES string of the molecule is COCC(C)OC(=O)NCc1ccc(Cl)nc1. The fourth-order valence-corrected chi connectivity index (χ4v) is 1.29. The van der Waals surface area contributed by atoms with Crippen LogP contribution in [0.4, 0.5) is 4.79 Å². The number of nitrogens with one attached hydrogen (secondary N) is 1. The largest absolute Gasteiger partial charge is 0.444 e. The van der Waals surface area contributed by atoms with Crippen molar-refractivity contribution in [1.82, 2.24) is 10.3 Å². The predicted octanol–water partition coefficient (Wildman–Crippen LogP) is 2.00. The third-order valence-electron chi connectivity index (χ3n) is 1.94. The molecule has 0 aliphatic heterocycles. The number of halogens is 1. The van der Waals surface area contributed by atoms with Gasteiger partial charge in [0.25, 0.3) is 0 Å². The molecule has 94 valence electrons. The molecule has 17 heavy (non-hydrogen) atoms. The fraction of sp³-hybridized carbons (Fsp3) is 0.455. The Bertz CT molecular complexity index is 356. The Morgan fingerprint density at radius 3 is 2.94 bits per heavy atom. The molecule has 1 unspecified atom stereocenters. The van der Waals surface area contributed by atoms with Crippen molar-refractivity contribution in [3.63, 3.8) is 0 Å². The van der Waals surface area contributed by atoms with Crippen LogP contribution in [0, 0.1) is 0 Å². The second-order valence-electron chi connectivity index (χ2n) is 3.51. The van der Waals surface area contributed by atoms with Crippen molar-refractivity contribution in [3.8, 4) is 0 Å². The highest BCUT2D eigenvalue weighted by Crippen LogP contribution is 2.04. The zero-order valence-corrected chi connectivity index (χ0v) is 10.5. The van der Waals surface area contributed by atoms with E-state index in [0.717, 1.165) is 5.56 Å². The van der Waals surface area contributed by atoms with Crippen LogP contribution in [0.3, 0.4) is 0 Å². The molecule has 1 aromatic rings. The normalized spacial score (nSPS) is 11.9. The summed E-state index contributed by atoms with van der Waals surface area (Å²) in [5.74, 6) is 0. The maximum absolute atomic E-state index is 11.3. The molecule has 1 N–H and O–H groups in total. The number of ether oxygens (including phenoxy) is 2. The van der Waals surface area contributed by atoms with Crippen molar-refractivity contribution in [1.29, 1.82) is 0 Å². The van der Waals surface area contributed by atoms with Gasteiger partial charge in [0.15, 0.2) is 0 Å². The molecular weight excluding hydrogens is 244 g/mol. The van der Waals surface area contributed by atoms with Gasteiger partial charge in [-0.15, -0.1) is 0 Å². The molecule has 0 saturated carbocycles. The summed E-state index contributed by atoms with van der Waals surface area (Å²) in [6, 6.07) is 3.45. The second kappa shape index (κ2) is 7.09. The first-order valence-corrected chi connectivity index (χ1v) is 5.53. The monoisotopic (exact) mass is 258 g/mol. The lowest BCUT2D eigenvalue weighted by Crippen LogP contribution is -2.29. The van der Waals surface area contributed by atoms with Gasteiger partial charge in [-0.25, -0.2) is 9.78 Å². The third kappa shape index (κ3) is 5.51. The van der Waals surface area contributed by atoms with Gasteiger partial charge in [-0.3, -0.25) is 0 Å². The molecule has 1 atom stereocenters. The number of amides is 1. The molecule has 0 aliphatic carbocycles. The minimum atomic E-state index is -0.482. The Morgan fingerprint density at radius 1 is 1.59 bits per heavy atom. The lowest BCUT2D eigenvalue weighted by atomic mass is 10.3. The smallest absolute Gasteiger partial charge is 0.407 e. The van der Waals surface area contributed by atoms with Crippen LogP contribution >= 0.6 is 11.6 Å². The Kier molecular flexibility index (Phi) is 5.72. The summed E-state index contributed by atoms with van der Waals surface area (Å²) < 4.78 is 9.87. The van der Waals surface area contributed by atoms with E-state index in [0.29, 0.717) is 18.3 Å². The van der Waals surface area contributed by atoms with Gasteiger partial charge in [0.1, 0.15) is 11.3 Å². The van der Waals surface area contributed by atoms with Crippen molar-refractivity contribution < 1.29 is 14.3 Å². The molecule has 0 fully saturated rings. The van der Waals surface area contributed by atoms with Crippen LogP contribution in [0.15, 0.2) is 18.3 Å². The summed E-state index contributed by atoms with van der Waals surface area (Å²) in [7, 11) is 1.55. The summed E-state index contributed by atoms with van der Waals surface area (Å²) in [6.45, 7) is 2.48. The molecule has 5 nitrogen and oxygen atoms in total. The minimum Gasteiger partial charge on any atom is -0.444 e. The van der Waals surface area contributed by atoms with E-state index in [-0.39, 0.29) is 6.10 Å². The summed E-state index contributed by atoms with van der Waals surface area (Å²) in [5, 5.41) is 3.03. The van der Waals surface area contributed by atoms with E-state index >= 15 is 0 Å². The lowest BCUT2D eigenvalue weighted by molar-refractivity contribution is 0.0488. The summed E-state index contributed by atoms with van der Waals surface area (Å²) in [6.07, 6.45) is 0.842. The molecule has 0 aromatic carbocycles. The Balaban J connectivity index is 2.30. The average molecular weight is 259 g/mol. The van der Waals surface area contributed by atoms with E-state index in [2.05, 4.69) is 10.3 Å². The molecule has 0 radical (unpaired) electrons. The Labute approximate surface area is 105 Å². The highest BCUT2D eigenvalue weighted by molar-refractivity contribution is 6.29. The van der Waals surface area contributed by atoms with Crippen LogP contribution < -0.4 is 5.32 Å². The topological polar surface area (TPSA) is 60.5 Å². The van der Waals surface area contributed by atoms with Crippen LogP contribution in [0.2, 0.25) is 5.15 Å². The van der Waals surface area contributed by atoms with Crippen molar-refractivity contribution in [2.45, 2.75) is 19.6 Å². The van der Waals surface area contributed by atoms with Gasteiger partial charge in [-0.05, 0) is 18.6 Å². The number of carbonyl (C=O) groups is 1. The Morgan fingerprint density at radius 2 is 2.35 bits per heavy atom. The van der Waals surface area contributed by atoms with E-state index in [1.54, 1.807) is 32.4 Å². The van der Waals surface area contributed by atoms with Crippen LogP contribution in [-0.2, 0) is 16.0 Å². The fourth-order valence-electron chi connectivity index (χ4n) is 1.18. The average Bonchev–Trinajstić information content (AvgIpc) is 2.28. The molecule has 1 amide bonds. The van der Waals surface area contributed by atoms with Crippen LogP contribution in [-0.4, -0.2) is 30.9 Å². The third-order valence-corrected chi connectivity index (χ3v) is 2.16. The molecule has 0 aliphatic rings. The van der Waals surface area contributed by atoms with Crippen molar-refractivity contribution in [2.24, 2.45) is 0 Å². The van der Waals surface area contributed by atoms with E-state index < -0.39 is 6.09 Å². The predicted molar refractivity (Wildman–Crippen MR) is 63.9 cm³/mol. The van der Waals surface area contributed by atoms with E-state index in [4.69, 9.17) is 21.1 Å². The summed E-state index contributed by atoms with van der Waals surface area (Å²) in [5.41, 5.74) is 0.853. The first kappa shape index (κ1) is 13.7. The number of nitrogens with zero attached hydrogens (tertiary/aromatic N) is 1. The number of aromatic nitrogens is 1. The second-order valence-corrected chi connectivity index (χ2v) is 3.90. The molecule has 1 heterocycles. The number of rotatable bonds is 5. The van der Waals surface area contributed by atoms with Gasteiger partial charge in [0.2, 0.25) is 0 Å². The van der Waals surface area contributed by atoms with Gasteiger partial charge in [0, 0.05) is 19.9 Å². The number of carbonyl (C=O) groups excluding carboxylic acids is 1. The van der Waals surface area contributed by atoms with Crippen molar-refractivity contribution in [3.05, 3.63) is 29.0 Å². The van der Waals surface area contributed by atoms with Gasteiger partial charge in [-0.1, -0.05) is 17.7 Å². The van der Waals surface area contributed by atoms with Crippen LogP contribution in [0.1, 0.15) is 12.5 Å². The van der Waals surface area contributed by atoms with Crippen molar-refractivity contribution >= 4 is 17.7 Å². The van der Waals surface area contributed by atoms with Gasteiger partial charge in [0.05, 0.1) is 6.61 Å². The van der Waals surface area contributed by atoms with E-state index in [9.17, 15) is 4.79 Å². The highest BCUT2D eigenvalue weighted by Gasteiger charge is 2.08. The number of alkyl carbamates (subject to hydrolysis) is 1. The highest BCUT2D eigenvalue weighted by atomic mass is 35.5. The van der Waals surface area contributed by atoms with Gasteiger partial charge < -0.3 is 14.8 Å². The quantitative estimate of drug-likeness (QED) is 0.821. The molecule has 0 spiro atoms. The molecular formula is C11H15ClN2O3. The molecule has 1 aromatic heterocycles. The molecule has 6 heteroatoms. The van der Waals surface area contributed by atoms with Crippen molar-refractivity contribution in [2.75, 3.05) is 13.7 Å². The number of hydrogen-bond donors (Lipinski definition) is 1. The number of methoxy groups -OCH3 is 1. The van der Waals surface area contributed by atoms with Crippen LogP contribution in [0.5, 0.6) is 0 Å². The first-order valence-electron chi connectivity index (χ1n) is 5.15. The Hall–Kier alpha value is -1.33. The first-order chi connectivity index (χ1) is 8.11. The summed E-state index contributed by atoms with van der Waals surface area (Å²) in [4.78, 5) is 15.2. The molecule has 0 bridgehead atoms. The van der Waals surface area contributed by atoms with Gasteiger partial charge in [-0.2, -0.15) is 0 Å². The van der Waals surface area contributed by atoms with E-state index in [1.807, 2.05) is 0 Å². The van der Waals surface area contributed by atoms with Gasteiger partial charge >= 0.3 is 6.09 Å². The number of pyridine rings is 1. The maximum Gasteiger partial charge on any atom is 0.407 e.